The molecule has 0 saturated heterocycles. The second-order valence-corrected chi connectivity index (χ2v) is 3.73. The molecule has 0 saturated carbocycles. The van der Waals surface area contributed by atoms with E-state index in [4.69, 9.17) is 0 Å². The summed E-state index contributed by atoms with van der Waals surface area (Å²) in [6.07, 6.45) is 1.24. The van der Waals surface area contributed by atoms with Crippen LogP contribution in [-0.4, -0.2) is 31.1 Å². The van der Waals surface area contributed by atoms with E-state index < -0.39 is 0 Å². The highest BCUT2D eigenvalue weighted by molar-refractivity contribution is 5.42. The van der Waals surface area contributed by atoms with Crippen molar-refractivity contribution in [3.63, 3.8) is 0 Å². The number of anilines is 1. The summed E-state index contributed by atoms with van der Waals surface area (Å²) in [6.45, 7) is 8.94. The van der Waals surface area contributed by atoms with E-state index in [0.29, 0.717) is 0 Å². The Kier molecular flexibility index (Phi) is 5.86. The van der Waals surface area contributed by atoms with Crippen molar-refractivity contribution in [3.8, 4) is 0 Å². The Balaban J connectivity index is 2.20. The first-order valence-corrected chi connectivity index (χ1v) is 5.88. The summed E-state index contributed by atoms with van der Waals surface area (Å²) in [5.41, 5.74) is 1.21. The first kappa shape index (κ1) is 12.1. The van der Waals surface area contributed by atoms with Crippen molar-refractivity contribution in [2.75, 3.05) is 31.5 Å². The van der Waals surface area contributed by atoms with E-state index in [1.165, 1.54) is 18.7 Å². The highest BCUT2D eigenvalue weighted by Crippen LogP contribution is 2.04. The second-order valence-electron chi connectivity index (χ2n) is 3.73. The molecule has 0 aliphatic heterocycles. The Labute approximate surface area is 93.3 Å². The Morgan fingerprint density at radius 1 is 1.07 bits per heavy atom. The predicted octanol–water partition coefficient (Wildman–Crippen LogP) is 2.83. The molecule has 2 heteroatoms. The van der Waals surface area contributed by atoms with E-state index in [0.717, 1.165) is 19.6 Å². The van der Waals surface area contributed by atoms with Crippen LogP contribution >= 0.6 is 0 Å². The van der Waals surface area contributed by atoms with Gasteiger partial charge in [0.25, 0.3) is 0 Å². The van der Waals surface area contributed by atoms with E-state index in [-0.39, 0.29) is 0 Å². The minimum Gasteiger partial charge on any atom is -0.384 e. The van der Waals surface area contributed by atoms with E-state index in [1.54, 1.807) is 0 Å². The molecule has 0 spiro atoms. The quantitative estimate of drug-likeness (QED) is 0.738. The Bertz CT molecular complexity index is 246. The highest BCUT2D eigenvalue weighted by Gasteiger charge is 1.99. The van der Waals surface area contributed by atoms with Gasteiger partial charge >= 0.3 is 0 Å². The van der Waals surface area contributed by atoms with Gasteiger partial charge in [-0.2, -0.15) is 0 Å². The van der Waals surface area contributed by atoms with E-state index >= 15 is 0 Å². The van der Waals surface area contributed by atoms with Crippen molar-refractivity contribution >= 4 is 5.69 Å². The third-order valence-electron chi connectivity index (χ3n) is 2.52. The second kappa shape index (κ2) is 7.30. The molecule has 0 aliphatic rings. The van der Waals surface area contributed by atoms with Crippen LogP contribution in [0, 0.1) is 0 Å². The molecule has 0 bridgehead atoms. The van der Waals surface area contributed by atoms with Crippen molar-refractivity contribution in [3.05, 3.63) is 30.3 Å². The summed E-state index contributed by atoms with van der Waals surface area (Å²) in [6, 6.07) is 10.4. The number of hydrogen-bond donors (Lipinski definition) is 1. The van der Waals surface area contributed by atoms with Crippen LogP contribution < -0.4 is 5.32 Å². The van der Waals surface area contributed by atoms with Gasteiger partial charge < -0.3 is 10.2 Å². The van der Waals surface area contributed by atoms with Crippen LogP contribution in [0.2, 0.25) is 0 Å². The topological polar surface area (TPSA) is 15.3 Å². The maximum Gasteiger partial charge on any atom is 0.0340 e. The molecule has 1 aromatic rings. The Hall–Kier alpha value is -1.02. The van der Waals surface area contributed by atoms with Crippen LogP contribution in [0.4, 0.5) is 5.69 Å². The first-order valence-electron chi connectivity index (χ1n) is 5.88. The van der Waals surface area contributed by atoms with Gasteiger partial charge in [-0.15, -0.1) is 0 Å². The molecule has 1 aromatic carbocycles. The molecule has 0 amide bonds. The fourth-order valence-corrected chi connectivity index (χ4v) is 1.66. The molecule has 2 nitrogen and oxygen atoms in total. The summed E-state index contributed by atoms with van der Waals surface area (Å²) in [5, 5.41) is 3.43. The van der Waals surface area contributed by atoms with Gasteiger partial charge in [-0.3, -0.25) is 0 Å². The fourth-order valence-electron chi connectivity index (χ4n) is 1.66. The minimum absolute atomic E-state index is 1.03. The number of para-hydroxylation sites is 1. The summed E-state index contributed by atoms with van der Waals surface area (Å²) >= 11 is 0. The molecule has 0 radical (unpaired) electrons. The van der Waals surface area contributed by atoms with Gasteiger partial charge in [0.1, 0.15) is 0 Å². The van der Waals surface area contributed by atoms with Gasteiger partial charge in [-0.05, 0) is 31.6 Å². The monoisotopic (exact) mass is 206 g/mol. The van der Waals surface area contributed by atoms with E-state index in [9.17, 15) is 0 Å². The predicted molar refractivity (Wildman–Crippen MR) is 67.3 cm³/mol. The molecule has 0 aliphatic carbocycles. The zero-order valence-electron chi connectivity index (χ0n) is 9.87. The van der Waals surface area contributed by atoms with Gasteiger partial charge in [-0.1, -0.05) is 32.0 Å². The number of rotatable bonds is 7. The van der Waals surface area contributed by atoms with Gasteiger partial charge in [-0.25, -0.2) is 0 Å². The van der Waals surface area contributed by atoms with Crippen molar-refractivity contribution in [1.82, 2.24) is 4.90 Å². The van der Waals surface area contributed by atoms with Crippen LogP contribution in [-0.2, 0) is 0 Å². The minimum atomic E-state index is 1.03. The summed E-state index contributed by atoms with van der Waals surface area (Å²) < 4.78 is 0. The summed E-state index contributed by atoms with van der Waals surface area (Å²) in [4.78, 5) is 2.47. The Morgan fingerprint density at radius 3 is 2.40 bits per heavy atom. The first-order chi connectivity index (χ1) is 7.36. The van der Waals surface area contributed by atoms with Gasteiger partial charge in [0.15, 0.2) is 0 Å². The normalized spacial score (nSPS) is 10.6. The van der Waals surface area contributed by atoms with E-state index in [2.05, 4.69) is 48.3 Å². The maximum absolute atomic E-state index is 3.43. The molecular formula is C13H22N2. The number of benzene rings is 1. The molecule has 84 valence electrons. The zero-order chi connectivity index (χ0) is 10.9. The van der Waals surface area contributed by atoms with Crippen molar-refractivity contribution in [2.24, 2.45) is 0 Å². The van der Waals surface area contributed by atoms with Crippen LogP contribution in [0.5, 0.6) is 0 Å². The standard InChI is InChI=1S/C13H22N2/c1-3-11-15(4-2)12-10-14-13-8-6-5-7-9-13/h5-9,14H,3-4,10-12H2,1-2H3. The molecule has 1 N–H and O–H groups in total. The molecule has 1 rings (SSSR count). The number of nitrogens with one attached hydrogen (secondary N) is 1. The highest BCUT2D eigenvalue weighted by atomic mass is 15.1. The number of hydrogen-bond acceptors (Lipinski definition) is 2. The average Bonchev–Trinajstić information content (AvgIpc) is 2.29. The van der Waals surface area contributed by atoms with Gasteiger partial charge in [0.05, 0.1) is 0 Å². The molecule has 0 aromatic heterocycles. The molecule has 0 unspecified atom stereocenters. The summed E-state index contributed by atoms with van der Waals surface area (Å²) in [5.74, 6) is 0. The zero-order valence-corrected chi connectivity index (χ0v) is 9.87. The molecule has 0 atom stereocenters. The smallest absolute Gasteiger partial charge is 0.0340 e. The largest absolute Gasteiger partial charge is 0.384 e. The lowest BCUT2D eigenvalue weighted by Crippen LogP contribution is -2.29. The fraction of sp³-hybridized carbons (Fsp3) is 0.538. The number of nitrogens with zero attached hydrogens (tertiary/aromatic N) is 1. The van der Waals surface area contributed by atoms with Crippen LogP contribution in [0.15, 0.2) is 30.3 Å². The maximum atomic E-state index is 3.43. The third kappa shape index (κ3) is 4.84. The van der Waals surface area contributed by atoms with Gasteiger partial charge in [0, 0.05) is 18.8 Å². The lowest BCUT2D eigenvalue weighted by atomic mass is 10.3. The third-order valence-corrected chi connectivity index (χ3v) is 2.52. The van der Waals surface area contributed by atoms with Crippen molar-refractivity contribution in [2.45, 2.75) is 20.3 Å². The number of likely N-dealkylation sites (N-methyl/N-ethyl adjacent to an activating group) is 1. The van der Waals surface area contributed by atoms with Crippen molar-refractivity contribution in [1.29, 1.82) is 0 Å². The van der Waals surface area contributed by atoms with Crippen molar-refractivity contribution < 1.29 is 0 Å². The summed E-state index contributed by atoms with van der Waals surface area (Å²) in [7, 11) is 0. The molecule has 0 fully saturated rings. The average molecular weight is 206 g/mol. The molecule has 15 heavy (non-hydrogen) atoms. The van der Waals surface area contributed by atoms with E-state index in [1.807, 2.05) is 6.07 Å². The van der Waals surface area contributed by atoms with Gasteiger partial charge in [0.2, 0.25) is 0 Å². The van der Waals surface area contributed by atoms with Crippen LogP contribution in [0.25, 0.3) is 0 Å². The Morgan fingerprint density at radius 2 is 1.80 bits per heavy atom. The molecular weight excluding hydrogens is 184 g/mol. The molecule has 0 heterocycles. The lowest BCUT2D eigenvalue weighted by molar-refractivity contribution is 0.300. The van der Waals surface area contributed by atoms with Crippen LogP contribution in [0.1, 0.15) is 20.3 Å². The SMILES string of the molecule is CCCN(CC)CCNc1ccccc1. The lowest BCUT2D eigenvalue weighted by Gasteiger charge is -2.19. The van der Waals surface area contributed by atoms with Crippen LogP contribution in [0.3, 0.4) is 0 Å².